The molecule has 1 aliphatic carbocycles. The van der Waals surface area contributed by atoms with Gasteiger partial charge in [0.25, 0.3) is 0 Å². The van der Waals surface area contributed by atoms with E-state index in [2.05, 4.69) is 24.1 Å². The molecule has 0 radical (unpaired) electrons. The van der Waals surface area contributed by atoms with Gasteiger partial charge in [-0.25, -0.2) is 0 Å². The first kappa shape index (κ1) is 15.2. The van der Waals surface area contributed by atoms with Gasteiger partial charge in [-0.15, -0.1) is 0 Å². The molecule has 1 saturated carbocycles. The molecule has 0 aromatic carbocycles. The molecule has 0 aromatic rings. The summed E-state index contributed by atoms with van der Waals surface area (Å²) >= 11 is 1.95. The molecule has 1 spiro atoms. The van der Waals surface area contributed by atoms with Gasteiger partial charge in [0.1, 0.15) is 0 Å². The third-order valence-electron chi connectivity index (χ3n) is 4.56. The maximum Gasteiger partial charge on any atom is 0.156 e. The molecule has 0 amide bonds. The fourth-order valence-electron chi connectivity index (χ4n) is 3.12. The van der Waals surface area contributed by atoms with Crippen LogP contribution in [-0.4, -0.2) is 48.5 Å². The van der Waals surface area contributed by atoms with Crippen molar-refractivity contribution in [1.29, 1.82) is 0 Å². The Balaban J connectivity index is 1.63. The van der Waals surface area contributed by atoms with Crippen molar-refractivity contribution in [2.24, 2.45) is 10.4 Å². The van der Waals surface area contributed by atoms with Crippen LogP contribution in [0.4, 0.5) is 0 Å². The molecule has 2 rings (SSSR count). The second-order valence-electron chi connectivity index (χ2n) is 5.92. The summed E-state index contributed by atoms with van der Waals surface area (Å²) in [6, 6.07) is 0. The Labute approximate surface area is 122 Å². The van der Waals surface area contributed by atoms with Gasteiger partial charge in [-0.3, -0.25) is 4.99 Å². The van der Waals surface area contributed by atoms with E-state index in [1.807, 2.05) is 11.8 Å². The first-order valence-electron chi connectivity index (χ1n) is 7.91. The second kappa shape index (κ2) is 7.53. The number of thioether (sulfide) groups is 1. The summed E-state index contributed by atoms with van der Waals surface area (Å²) < 4.78 is 0. The molecule has 1 fully saturated rings. The molecular weight excluding hydrogens is 254 g/mol. The molecule has 0 unspecified atom stereocenters. The standard InChI is InChI=1S/C15H29N3S/c1-3-18(4-2)11-7-10-16-14-17-12-15(13-19-14)8-5-6-9-15/h3-13H2,1-2H3,(H,16,17). The lowest BCUT2D eigenvalue weighted by molar-refractivity contribution is 0.300. The third kappa shape index (κ3) is 4.38. The van der Waals surface area contributed by atoms with Crippen LogP contribution in [0.1, 0.15) is 46.0 Å². The zero-order valence-electron chi connectivity index (χ0n) is 12.6. The van der Waals surface area contributed by atoms with E-state index in [9.17, 15) is 0 Å². The summed E-state index contributed by atoms with van der Waals surface area (Å²) in [5.74, 6) is 1.29. The summed E-state index contributed by atoms with van der Waals surface area (Å²) in [7, 11) is 0. The van der Waals surface area contributed by atoms with Gasteiger partial charge in [-0.05, 0) is 44.3 Å². The first-order valence-corrected chi connectivity index (χ1v) is 8.90. The molecule has 1 aliphatic heterocycles. The maximum absolute atomic E-state index is 4.78. The van der Waals surface area contributed by atoms with Gasteiger partial charge in [0.15, 0.2) is 5.17 Å². The number of nitrogens with zero attached hydrogens (tertiary/aromatic N) is 2. The van der Waals surface area contributed by atoms with Crippen LogP contribution in [0.3, 0.4) is 0 Å². The van der Waals surface area contributed by atoms with Gasteiger partial charge in [0.05, 0.1) is 0 Å². The van der Waals surface area contributed by atoms with Crippen molar-refractivity contribution in [3.8, 4) is 0 Å². The SMILES string of the molecule is CCN(CC)CCCNC1=NCC2(CCCC2)CS1. The molecule has 2 aliphatic rings. The minimum absolute atomic E-state index is 0.567. The Morgan fingerprint density at radius 1 is 1.26 bits per heavy atom. The van der Waals surface area contributed by atoms with Crippen molar-refractivity contribution in [2.45, 2.75) is 46.0 Å². The van der Waals surface area contributed by atoms with Crippen molar-refractivity contribution < 1.29 is 0 Å². The van der Waals surface area contributed by atoms with Crippen LogP contribution in [-0.2, 0) is 0 Å². The average Bonchev–Trinajstić information content (AvgIpc) is 2.90. The van der Waals surface area contributed by atoms with Crippen molar-refractivity contribution in [2.75, 3.05) is 38.5 Å². The van der Waals surface area contributed by atoms with E-state index in [1.54, 1.807) is 0 Å². The number of nitrogens with one attached hydrogen (secondary N) is 1. The summed E-state index contributed by atoms with van der Waals surface area (Å²) in [4.78, 5) is 7.25. The van der Waals surface area contributed by atoms with E-state index in [1.165, 1.54) is 49.6 Å². The van der Waals surface area contributed by atoms with Crippen molar-refractivity contribution >= 4 is 16.9 Å². The Bertz CT molecular complexity index is 294. The quantitative estimate of drug-likeness (QED) is 0.760. The van der Waals surface area contributed by atoms with Crippen LogP contribution < -0.4 is 5.32 Å². The average molecular weight is 283 g/mol. The monoisotopic (exact) mass is 283 g/mol. The van der Waals surface area contributed by atoms with Gasteiger partial charge in [0, 0.05) is 18.8 Å². The summed E-state index contributed by atoms with van der Waals surface area (Å²) in [5.41, 5.74) is 0.567. The topological polar surface area (TPSA) is 27.6 Å². The zero-order valence-corrected chi connectivity index (χ0v) is 13.4. The Morgan fingerprint density at radius 2 is 2.00 bits per heavy atom. The van der Waals surface area contributed by atoms with E-state index in [-0.39, 0.29) is 0 Å². The molecule has 4 heteroatoms. The van der Waals surface area contributed by atoms with Crippen molar-refractivity contribution in [3.05, 3.63) is 0 Å². The molecule has 1 N–H and O–H groups in total. The summed E-state index contributed by atoms with van der Waals surface area (Å²) in [6.07, 6.45) is 6.86. The predicted molar refractivity (Wildman–Crippen MR) is 86.1 cm³/mol. The Hall–Kier alpha value is -0.220. The lowest BCUT2D eigenvalue weighted by Crippen LogP contribution is -2.34. The third-order valence-corrected chi connectivity index (χ3v) is 5.86. The number of hydrogen-bond donors (Lipinski definition) is 1. The normalized spacial score (nSPS) is 21.9. The minimum atomic E-state index is 0.567. The molecule has 19 heavy (non-hydrogen) atoms. The molecule has 0 bridgehead atoms. The minimum Gasteiger partial charge on any atom is -0.365 e. The van der Waals surface area contributed by atoms with Crippen molar-refractivity contribution in [1.82, 2.24) is 10.2 Å². The lowest BCUT2D eigenvalue weighted by atomic mass is 9.89. The van der Waals surface area contributed by atoms with Crippen LogP contribution in [0, 0.1) is 5.41 Å². The fraction of sp³-hybridized carbons (Fsp3) is 0.933. The smallest absolute Gasteiger partial charge is 0.156 e. The summed E-state index contributed by atoms with van der Waals surface area (Å²) in [5, 5.41) is 4.71. The zero-order chi connectivity index (χ0) is 13.6. The van der Waals surface area contributed by atoms with Gasteiger partial charge in [0.2, 0.25) is 0 Å². The van der Waals surface area contributed by atoms with Gasteiger partial charge >= 0.3 is 0 Å². The van der Waals surface area contributed by atoms with Gasteiger partial charge in [-0.1, -0.05) is 38.5 Å². The first-order chi connectivity index (χ1) is 9.28. The van der Waals surface area contributed by atoms with Crippen LogP contribution in [0.5, 0.6) is 0 Å². The van der Waals surface area contributed by atoms with Crippen LogP contribution in [0.2, 0.25) is 0 Å². The number of amidine groups is 1. The summed E-state index contributed by atoms with van der Waals surface area (Å²) in [6.45, 7) is 10.1. The van der Waals surface area contributed by atoms with E-state index < -0.39 is 0 Å². The fourth-order valence-corrected chi connectivity index (χ4v) is 4.31. The van der Waals surface area contributed by atoms with Crippen LogP contribution in [0.15, 0.2) is 4.99 Å². The van der Waals surface area contributed by atoms with Crippen molar-refractivity contribution in [3.63, 3.8) is 0 Å². The highest BCUT2D eigenvalue weighted by molar-refractivity contribution is 8.13. The highest BCUT2D eigenvalue weighted by Gasteiger charge is 2.36. The van der Waals surface area contributed by atoms with E-state index in [0.717, 1.165) is 26.2 Å². The molecule has 0 aromatic heterocycles. The second-order valence-corrected chi connectivity index (χ2v) is 6.89. The highest BCUT2D eigenvalue weighted by atomic mass is 32.2. The van der Waals surface area contributed by atoms with E-state index in [0.29, 0.717) is 5.41 Å². The highest BCUT2D eigenvalue weighted by Crippen LogP contribution is 2.43. The van der Waals surface area contributed by atoms with Gasteiger partial charge in [-0.2, -0.15) is 0 Å². The van der Waals surface area contributed by atoms with Crippen LogP contribution in [0.25, 0.3) is 0 Å². The number of hydrogen-bond acceptors (Lipinski definition) is 4. The van der Waals surface area contributed by atoms with E-state index >= 15 is 0 Å². The van der Waals surface area contributed by atoms with Crippen LogP contribution >= 0.6 is 11.8 Å². The number of aliphatic imine (C=N–C) groups is 1. The lowest BCUT2D eigenvalue weighted by Gasteiger charge is -2.31. The molecular formula is C15H29N3S. The molecule has 1 heterocycles. The van der Waals surface area contributed by atoms with E-state index in [4.69, 9.17) is 4.99 Å². The molecule has 0 atom stereocenters. The molecule has 110 valence electrons. The Morgan fingerprint density at radius 3 is 2.58 bits per heavy atom. The predicted octanol–water partition coefficient (Wildman–Crippen LogP) is 2.97. The molecule has 0 saturated heterocycles. The number of rotatable bonds is 6. The largest absolute Gasteiger partial charge is 0.365 e. The Kier molecular flexibility index (Phi) is 6.02. The molecule has 3 nitrogen and oxygen atoms in total. The maximum atomic E-state index is 4.78. The van der Waals surface area contributed by atoms with Gasteiger partial charge < -0.3 is 10.2 Å².